The molecule has 3 aromatic rings. The standard InChI is InChI=1S/C17H13BrFN3O2/c18-11-5-7-12(8-6-11)20-15(23)9-10-16-21-22-17(24-16)13-3-1-2-4-14(13)19/h1-8H,9-10H2,(H,20,23). The smallest absolute Gasteiger partial charge is 0.250 e. The number of nitrogens with one attached hydrogen (secondary N) is 1. The molecule has 1 aromatic heterocycles. The van der Waals surface area contributed by atoms with Crippen LogP contribution in [0.2, 0.25) is 0 Å². The molecule has 1 amide bonds. The molecule has 1 heterocycles. The molecule has 0 aliphatic rings. The SMILES string of the molecule is O=C(CCc1nnc(-c2ccccc2F)o1)Nc1ccc(Br)cc1. The summed E-state index contributed by atoms with van der Waals surface area (Å²) < 4.78 is 20.0. The molecule has 0 radical (unpaired) electrons. The van der Waals surface area contributed by atoms with Crippen LogP contribution in [0.25, 0.3) is 11.5 Å². The summed E-state index contributed by atoms with van der Waals surface area (Å²) in [6.07, 6.45) is 0.471. The summed E-state index contributed by atoms with van der Waals surface area (Å²) in [5.74, 6) is -0.195. The molecule has 0 atom stereocenters. The maximum atomic E-state index is 13.7. The van der Waals surface area contributed by atoms with E-state index < -0.39 is 5.82 Å². The molecule has 3 rings (SSSR count). The normalized spacial score (nSPS) is 10.6. The van der Waals surface area contributed by atoms with Crippen molar-refractivity contribution in [2.75, 3.05) is 5.32 Å². The number of rotatable bonds is 5. The van der Waals surface area contributed by atoms with Gasteiger partial charge in [-0.3, -0.25) is 4.79 Å². The maximum absolute atomic E-state index is 13.7. The topological polar surface area (TPSA) is 68.0 Å². The lowest BCUT2D eigenvalue weighted by molar-refractivity contribution is -0.116. The van der Waals surface area contributed by atoms with Gasteiger partial charge in [0.05, 0.1) is 5.56 Å². The minimum atomic E-state index is -0.430. The van der Waals surface area contributed by atoms with Gasteiger partial charge < -0.3 is 9.73 Å². The molecule has 0 aliphatic carbocycles. The van der Waals surface area contributed by atoms with Gasteiger partial charge in [-0.15, -0.1) is 10.2 Å². The Bertz CT molecular complexity index is 849. The van der Waals surface area contributed by atoms with Crippen LogP contribution in [0.4, 0.5) is 10.1 Å². The monoisotopic (exact) mass is 389 g/mol. The van der Waals surface area contributed by atoms with E-state index in [1.165, 1.54) is 6.07 Å². The zero-order valence-corrected chi connectivity index (χ0v) is 14.1. The summed E-state index contributed by atoms with van der Waals surface area (Å²) in [5, 5.41) is 10.5. The highest BCUT2D eigenvalue weighted by Gasteiger charge is 2.13. The van der Waals surface area contributed by atoms with E-state index in [9.17, 15) is 9.18 Å². The van der Waals surface area contributed by atoms with E-state index in [1.54, 1.807) is 30.3 Å². The first-order valence-electron chi connectivity index (χ1n) is 7.24. The summed E-state index contributed by atoms with van der Waals surface area (Å²) in [6, 6.07) is 13.4. The van der Waals surface area contributed by atoms with E-state index in [0.717, 1.165) is 4.47 Å². The summed E-state index contributed by atoms with van der Waals surface area (Å²) in [7, 11) is 0. The van der Waals surface area contributed by atoms with Crippen molar-refractivity contribution in [3.63, 3.8) is 0 Å². The van der Waals surface area contributed by atoms with Crippen molar-refractivity contribution in [3.05, 3.63) is 64.7 Å². The largest absolute Gasteiger partial charge is 0.421 e. The Balaban J connectivity index is 1.58. The van der Waals surface area contributed by atoms with E-state index in [-0.39, 0.29) is 30.2 Å². The lowest BCUT2D eigenvalue weighted by Gasteiger charge is -2.03. The minimum Gasteiger partial charge on any atom is -0.421 e. The predicted molar refractivity (Wildman–Crippen MR) is 90.8 cm³/mol. The van der Waals surface area contributed by atoms with E-state index in [1.807, 2.05) is 12.1 Å². The Morgan fingerprint density at radius 2 is 1.88 bits per heavy atom. The van der Waals surface area contributed by atoms with Gasteiger partial charge in [0, 0.05) is 23.0 Å². The number of hydrogen-bond donors (Lipinski definition) is 1. The average Bonchev–Trinajstić information content (AvgIpc) is 3.04. The van der Waals surface area contributed by atoms with Gasteiger partial charge >= 0.3 is 0 Å². The second kappa shape index (κ2) is 7.35. The van der Waals surface area contributed by atoms with E-state index in [2.05, 4.69) is 31.4 Å². The molecular formula is C17H13BrFN3O2. The summed E-state index contributed by atoms with van der Waals surface area (Å²) in [4.78, 5) is 11.9. The second-order valence-electron chi connectivity index (χ2n) is 5.04. The molecule has 0 bridgehead atoms. The van der Waals surface area contributed by atoms with Crippen molar-refractivity contribution >= 4 is 27.5 Å². The average molecular weight is 390 g/mol. The fourth-order valence-corrected chi connectivity index (χ4v) is 2.34. The molecule has 0 fully saturated rings. The fourth-order valence-electron chi connectivity index (χ4n) is 2.08. The summed E-state index contributed by atoms with van der Waals surface area (Å²) >= 11 is 3.33. The molecule has 2 aromatic carbocycles. The van der Waals surface area contributed by atoms with Crippen LogP contribution in [0.1, 0.15) is 12.3 Å². The highest BCUT2D eigenvalue weighted by Crippen LogP contribution is 2.21. The summed E-state index contributed by atoms with van der Waals surface area (Å²) in [5.41, 5.74) is 0.955. The molecule has 0 spiro atoms. The number of anilines is 1. The fraction of sp³-hybridized carbons (Fsp3) is 0.118. The number of nitrogens with zero attached hydrogens (tertiary/aromatic N) is 2. The molecule has 122 valence electrons. The molecule has 1 N–H and O–H groups in total. The van der Waals surface area contributed by atoms with Crippen molar-refractivity contribution in [2.24, 2.45) is 0 Å². The zero-order valence-electron chi connectivity index (χ0n) is 12.5. The molecule has 5 nitrogen and oxygen atoms in total. The zero-order chi connectivity index (χ0) is 16.9. The number of amides is 1. The van der Waals surface area contributed by atoms with Gasteiger partial charge in [0.2, 0.25) is 11.8 Å². The molecule has 7 heteroatoms. The van der Waals surface area contributed by atoms with Crippen LogP contribution >= 0.6 is 15.9 Å². The number of benzene rings is 2. The van der Waals surface area contributed by atoms with E-state index in [4.69, 9.17) is 4.42 Å². The highest BCUT2D eigenvalue weighted by molar-refractivity contribution is 9.10. The van der Waals surface area contributed by atoms with Crippen molar-refractivity contribution in [1.29, 1.82) is 0 Å². The quantitative estimate of drug-likeness (QED) is 0.709. The molecule has 0 unspecified atom stereocenters. The third-order valence-corrected chi connectivity index (χ3v) is 3.79. The number of halogens is 2. The first kappa shape index (κ1) is 16.3. The molecule has 0 saturated heterocycles. The first-order chi connectivity index (χ1) is 11.6. The van der Waals surface area contributed by atoms with Crippen molar-refractivity contribution in [2.45, 2.75) is 12.8 Å². The number of carbonyl (C=O) groups is 1. The number of carbonyl (C=O) groups excluding carboxylic acids is 1. The lowest BCUT2D eigenvalue weighted by Crippen LogP contribution is -2.12. The van der Waals surface area contributed by atoms with Gasteiger partial charge in [0.15, 0.2) is 0 Å². The maximum Gasteiger partial charge on any atom is 0.250 e. The Morgan fingerprint density at radius 3 is 2.62 bits per heavy atom. The Kier molecular flexibility index (Phi) is 5.00. The van der Waals surface area contributed by atoms with Gasteiger partial charge in [-0.1, -0.05) is 28.1 Å². The van der Waals surface area contributed by atoms with E-state index >= 15 is 0 Å². The van der Waals surface area contributed by atoms with Gasteiger partial charge in [0.1, 0.15) is 5.82 Å². The Labute approximate surface area is 146 Å². The Hall–Kier alpha value is -2.54. The van der Waals surface area contributed by atoms with Gasteiger partial charge in [0.25, 0.3) is 5.89 Å². The van der Waals surface area contributed by atoms with Crippen LogP contribution in [-0.4, -0.2) is 16.1 Å². The number of hydrogen-bond acceptors (Lipinski definition) is 4. The third-order valence-electron chi connectivity index (χ3n) is 3.27. The predicted octanol–water partition coefficient (Wildman–Crippen LogP) is 4.21. The van der Waals surface area contributed by atoms with Gasteiger partial charge in [-0.05, 0) is 36.4 Å². The number of aromatic nitrogens is 2. The minimum absolute atomic E-state index is 0.108. The van der Waals surface area contributed by atoms with Crippen LogP contribution in [-0.2, 0) is 11.2 Å². The third kappa shape index (κ3) is 4.05. The number of aryl methyl sites for hydroxylation is 1. The van der Waals surface area contributed by atoms with Crippen LogP contribution in [0.15, 0.2) is 57.4 Å². The molecular weight excluding hydrogens is 377 g/mol. The van der Waals surface area contributed by atoms with Crippen LogP contribution in [0.5, 0.6) is 0 Å². The van der Waals surface area contributed by atoms with Crippen LogP contribution < -0.4 is 5.32 Å². The second-order valence-corrected chi connectivity index (χ2v) is 5.95. The van der Waals surface area contributed by atoms with Gasteiger partial charge in [-0.2, -0.15) is 0 Å². The van der Waals surface area contributed by atoms with Crippen molar-refractivity contribution < 1.29 is 13.6 Å². The highest BCUT2D eigenvalue weighted by atomic mass is 79.9. The molecule has 0 aliphatic heterocycles. The van der Waals surface area contributed by atoms with Crippen LogP contribution in [0.3, 0.4) is 0 Å². The first-order valence-corrected chi connectivity index (χ1v) is 8.04. The van der Waals surface area contributed by atoms with Crippen LogP contribution in [0, 0.1) is 5.82 Å². The molecule has 0 saturated carbocycles. The van der Waals surface area contributed by atoms with E-state index in [0.29, 0.717) is 11.6 Å². The van der Waals surface area contributed by atoms with Crippen molar-refractivity contribution in [1.82, 2.24) is 10.2 Å². The van der Waals surface area contributed by atoms with Crippen molar-refractivity contribution in [3.8, 4) is 11.5 Å². The van der Waals surface area contributed by atoms with Gasteiger partial charge in [-0.25, -0.2) is 4.39 Å². The lowest BCUT2D eigenvalue weighted by atomic mass is 10.2. The Morgan fingerprint density at radius 1 is 1.12 bits per heavy atom. The summed E-state index contributed by atoms with van der Waals surface area (Å²) in [6.45, 7) is 0. The molecule has 24 heavy (non-hydrogen) atoms.